The molecule has 0 bridgehead atoms. The molecular weight excluding hydrogens is 320 g/mol. The van der Waals surface area contributed by atoms with Gasteiger partial charge in [0.2, 0.25) is 0 Å². The highest BCUT2D eigenvalue weighted by molar-refractivity contribution is 7.11. The van der Waals surface area contributed by atoms with Gasteiger partial charge in [0.05, 0.1) is 18.8 Å². The van der Waals surface area contributed by atoms with E-state index in [-0.39, 0.29) is 0 Å². The number of nitrogens with zero attached hydrogens (tertiary/aromatic N) is 4. The average molecular weight is 340 g/mol. The summed E-state index contributed by atoms with van der Waals surface area (Å²) in [5, 5.41) is 5.36. The van der Waals surface area contributed by atoms with Crippen LogP contribution in [0.4, 0.5) is 0 Å². The molecule has 1 aliphatic carbocycles. The molecule has 0 atom stereocenters. The van der Waals surface area contributed by atoms with Gasteiger partial charge in [0.25, 0.3) is 0 Å². The third kappa shape index (κ3) is 3.39. The molecule has 24 heavy (non-hydrogen) atoms. The Kier molecular flexibility index (Phi) is 4.40. The van der Waals surface area contributed by atoms with Crippen molar-refractivity contribution in [2.75, 3.05) is 7.05 Å². The number of pyridine rings is 1. The highest BCUT2D eigenvalue weighted by Gasteiger charge is 2.16. The van der Waals surface area contributed by atoms with Crippen molar-refractivity contribution in [1.29, 1.82) is 0 Å². The highest BCUT2D eigenvalue weighted by atomic mass is 32.1. The van der Waals surface area contributed by atoms with Crippen LogP contribution in [0.25, 0.3) is 11.3 Å². The quantitative estimate of drug-likeness (QED) is 0.709. The zero-order valence-corrected chi connectivity index (χ0v) is 14.6. The smallest absolute Gasteiger partial charge is 0.151 e. The maximum Gasteiger partial charge on any atom is 0.151 e. The molecule has 1 aliphatic rings. The maximum absolute atomic E-state index is 5.48. The molecule has 0 saturated carbocycles. The van der Waals surface area contributed by atoms with Gasteiger partial charge < -0.3 is 4.52 Å². The molecule has 6 heteroatoms. The molecule has 0 radical (unpaired) electrons. The van der Waals surface area contributed by atoms with Crippen LogP contribution < -0.4 is 0 Å². The first-order valence-electron chi connectivity index (χ1n) is 8.30. The van der Waals surface area contributed by atoms with E-state index in [1.54, 1.807) is 12.4 Å². The number of rotatable bonds is 5. The summed E-state index contributed by atoms with van der Waals surface area (Å²) in [6.45, 7) is 1.57. The number of aromatic nitrogens is 3. The van der Waals surface area contributed by atoms with Gasteiger partial charge in [0.1, 0.15) is 10.7 Å². The minimum Gasteiger partial charge on any atom is -0.359 e. The molecule has 0 amide bonds. The van der Waals surface area contributed by atoms with Crippen molar-refractivity contribution in [3.8, 4) is 11.3 Å². The van der Waals surface area contributed by atoms with Crippen LogP contribution in [-0.4, -0.2) is 27.1 Å². The van der Waals surface area contributed by atoms with Gasteiger partial charge >= 0.3 is 0 Å². The van der Waals surface area contributed by atoms with E-state index in [4.69, 9.17) is 9.51 Å². The summed E-state index contributed by atoms with van der Waals surface area (Å²) in [6.07, 6.45) is 8.46. The predicted octanol–water partition coefficient (Wildman–Crippen LogP) is 3.70. The molecule has 5 nitrogen and oxygen atoms in total. The summed E-state index contributed by atoms with van der Waals surface area (Å²) in [5.41, 5.74) is 3.20. The highest BCUT2D eigenvalue weighted by Crippen LogP contribution is 2.27. The number of fused-ring (bicyclic) bond motifs is 1. The molecule has 0 fully saturated rings. The van der Waals surface area contributed by atoms with Gasteiger partial charge in [-0.2, -0.15) is 0 Å². The van der Waals surface area contributed by atoms with Crippen LogP contribution >= 0.6 is 11.3 Å². The molecule has 0 aromatic carbocycles. The molecule has 3 heterocycles. The van der Waals surface area contributed by atoms with E-state index in [1.807, 2.05) is 29.5 Å². The minimum absolute atomic E-state index is 0.725. The number of hydrogen-bond acceptors (Lipinski definition) is 6. The Balaban J connectivity index is 1.40. The standard InChI is InChI=1S/C18H20N4OS/c1-22(12-18-20-15-4-2-3-5-17(15)24-18)11-14-10-16(21-23-14)13-6-8-19-9-7-13/h6-10H,2-5,11-12H2,1H3. The van der Waals surface area contributed by atoms with Crippen LogP contribution in [0.15, 0.2) is 35.1 Å². The van der Waals surface area contributed by atoms with Gasteiger partial charge in [-0.15, -0.1) is 11.3 Å². The number of hydrogen-bond donors (Lipinski definition) is 0. The van der Waals surface area contributed by atoms with Gasteiger partial charge in [0, 0.05) is 28.9 Å². The second-order valence-corrected chi connectivity index (χ2v) is 7.44. The third-order valence-corrected chi connectivity index (χ3v) is 5.40. The van der Waals surface area contributed by atoms with Crippen LogP contribution in [0, 0.1) is 0 Å². The van der Waals surface area contributed by atoms with Crippen molar-refractivity contribution in [3.05, 3.63) is 51.9 Å². The molecular formula is C18H20N4OS. The van der Waals surface area contributed by atoms with E-state index >= 15 is 0 Å². The zero-order valence-electron chi connectivity index (χ0n) is 13.7. The molecule has 3 aromatic rings. The first-order chi connectivity index (χ1) is 11.8. The lowest BCUT2D eigenvalue weighted by Gasteiger charge is -2.12. The molecule has 4 rings (SSSR count). The Morgan fingerprint density at radius 2 is 2.00 bits per heavy atom. The first kappa shape index (κ1) is 15.5. The fourth-order valence-electron chi connectivity index (χ4n) is 3.07. The fraction of sp³-hybridized carbons (Fsp3) is 0.389. The summed E-state index contributed by atoms with van der Waals surface area (Å²) in [6, 6.07) is 5.87. The van der Waals surface area contributed by atoms with E-state index in [2.05, 4.69) is 22.1 Å². The normalized spacial score (nSPS) is 14.1. The fourth-order valence-corrected chi connectivity index (χ4v) is 4.31. The summed E-state index contributed by atoms with van der Waals surface area (Å²) >= 11 is 1.87. The third-order valence-electron chi connectivity index (χ3n) is 4.26. The Labute approximate surface area is 145 Å². The van der Waals surface area contributed by atoms with E-state index in [1.165, 1.54) is 34.8 Å². The van der Waals surface area contributed by atoms with E-state index < -0.39 is 0 Å². The summed E-state index contributed by atoms with van der Waals surface area (Å²) < 4.78 is 5.48. The van der Waals surface area contributed by atoms with Gasteiger partial charge in [-0.1, -0.05) is 5.16 Å². The van der Waals surface area contributed by atoms with Crippen LogP contribution in [-0.2, 0) is 25.9 Å². The first-order valence-corrected chi connectivity index (χ1v) is 9.11. The Hall–Kier alpha value is -2.05. The molecule has 0 saturated heterocycles. The Morgan fingerprint density at radius 3 is 2.83 bits per heavy atom. The Bertz CT molecular complexity index is 788. The summed E-state index contributed by atoms with van der Waals surface area (Å²) in [7, 11) is 2.09. The predicted molar refractivity (Wildman–Crippen MR) is 93.7 cm³/mol. The Morgan fingerprint density at radius 1 is 1.17 bits per heavy atom. The second-order valence-electron chi connectivity index (χ2n) is 6.27. The van der Waals surface area contributed by atoms with Crippen LogP contribution in [0.5, 0.6) is 0 Å². The molecule has 0 unspecified atom stereocenters. The molecule has 3 aromatic heterocycles. The van der Waals surface area contributed by atoms with Crippen LogP contribution in [0.2, 0.25) is 0 Å². The second kappa shape index (κ2) is 6.83. The van der Waals surface area contributed by atoms with Gasteiger partial charge in [-0.25, -0.2) is 4.98 Å². The van der Waals surface area contributed by atoms with Crippen molar-refractivity contribution in [2.45, 2.75) is 38.8 Å². The van der Waals surface area contributed by atoms with Crippen LogP contribution in [0.1, 0.15) is 34.2 Å². The van der Waals surface area contributed by atoms with E-state index in [0.717, 1.165) is 36.5 Å². The summed E-state index contributed by atoms with van der Waals surface area (Å²) in [5.74, 6) is 0.866. The monoisotopic (exact) mass is 340 g/mol. The van der Waals surface area contributed by atoms with Crippen molar-refractivity contribution < 1.29 is 4.52 Å². The minimum atomic E-state index is 0.725. The lowest BCUT2D eigenvalue weighted by Crippen LogP contribution is -2.16. The van der Waals surface area contributed by atoms with Crippen molar-refractivity contribution >= 4 is 11.3 Å². The van der Waals surface area contributed by atoms with E-state index in [9.17, 15) is 0 Å². The SMILES string of the molecule is CN(Cc1cc(-c2ccncc2)no1)Cc1nc2c(s1)CCCC2. The lowest BCUT2D eigenvalue weighted by atomic mass is 10.0. The van der Waals surface area contributed by atoms with Crippen molar-refractivity contribution in [1.82, 2.24) is 20.0 Å². The molecule has 0 aliphatic heterocycles. The zero-order chi connectivity index (χ0) is 16.4. The van der Waals surface area contributed by atoms with Crippen LogP contribution in [0.3, 0.4) is 0 Å². The topological polar surface area (TPSA) is 55.1 Å². The van der Waals surface area contributed by atoms with Gasteiger partial charge in [-0.3, -0.25) is 9.88 Å². The largest absolute Gasteiger partial charge is 0.359 e. The van der Waals surface area contributed by atoms with Gasteiger partial charge in [0.15, 0.2) is 5.76 Å². The van der Waals surface area contributed by atoms with Crippen molar-refractivity contribution in [3.63, 3.8) is 0 Å². The van der Waals surface area contributed by atoms with Crippen molar-refractivity contribution in [2.24, 2.45) is 0 Å². The summed E-state index contributed by atoms with van der Waals surface area (Å²) in [4.78, 5) is 12.6. The molecule has 0 spiro atoms. The molecule has 0 N–H and O–H groups in total. The van der Waals surface area contributed by atoms with E-state index in [0.29, 0.717) is 0 Å². The lowest BCUT2D eigenvalue weighted by molar-refractivity contribution is 0.266. The number of thiazole rings is 1. The maximum atomic E-state index is 5.48. The average Bonchev–Trinajstić information content (AvgIpc) is 3.21. The van der Waals surface area contributed by atoms with Gasteiger partial charge in [-0.05, 0) is 44.9 Å². The molecule has 124 valence electrons. The number of aryl methyl sites for hydroxylation is 2.